The Bertz CT molecular complexity index is 638. The van der Waals surface area contributed by atoms with Crippen molar-refractivity contribution >= 4 is 57.9 Å². The van der Waals surface area contributed by atoms with Crippen LogP contribution >= 0.6 is 12.2 Å². The Hall–Kier alpha value is -2.23. The van der Waals surface area contributed by atoms with E-state index in [0.29, 0.717) is 18.3 Å². The van der Waals surface area contributed by atoms with Gasteiger partial charge in [0.2, 0.25) is 0 Å². The van der Waals surface area contributed by atoms with Crippen molar-refractivity contribution in [2.24, 2.45) is 0 Å². The van der Waals surface area contributed by atoms with Gasteiger partial charge in [0.05, 0.1) is 13.2 Å². The van der Waals surface area contributed by atoms with E-state index in [1.807, 2.05) is 62.4 Å². The Morgan fingerprint density at radius 3 is 1.41 bits per heavy atom. The van der Waals surface area contributed by atoms with Crippen LogP contribution in [0.4, 0.5) is 16.2 Å². The van der Waals surface area contributed by atoms with Crippen LogP contribution in [0, 0.1) is 0 Å². The number of thiocarbonyl (C=S) groups is 1. The van der Waals surface area contributed by atoms with Crippen LogP contribution in [0.1, 0.15) is 13.8 Å². The summed E-state index contributed by atoms with van der Waals surface area (Å²) in [6.07, 6.45) is -2.33. The van der Waals surface area contributed by atoms with Gasteiger partial charge in [-0.15, -0.1) is 0 Å². The topological polar surface area (TPSA) is 106 Å². The largest absolute Gasteiger partial charge is 2.00 e. The molecule has 0 radical (unpaired) electrons. The SMILES string of the molecule is CCOc1ccc(NC(=S)Nc2ccc(OCC)cc2)cc1.O=C([O-])[O-].[Mg+2]. The molecule has 9 heteroatoms. The second kappa shape index (κ2) is 13.9. The standard InChI is InChI=1S/C17H20N2O2S.CH2O3.Mg/c1-3-20-15-9-5-13(6-10-15)18-17(22)19-14-7-11-16(12-8-14)21-4-2;2-1(3)4;/h5-12H,3-4H2,1-2H3,(H2,18,19,22);(H2,2,3,4);/q;;+2/p-2. The van der Waals surface area contributed by atoms with Gasteiger partial charge < -0.3 is 35.1 Å². The molecule has 0 fully saturated rings. The van der Waals surface area contributed by atoms with Crippen molar-refractivity contribution < 1.29 is 24.5 Å². The Labute approximate surface area is 179 Å². The number of benzene rings is 2. The van der Waals surface area contributed by atoms with Gasteiger partial charge in [0.15, 0.2) is 5.11 Å². The summed E-state index contributed by atoms with van der Waals surface area (Å²) in [4.78, 5) is 8.33. The number of rotatable bonds is 6. The molecule has 0 saturated carbocycles. The van der Waals surface area contributed by atoms with Gasteiger partial charge in [0, 0.05) is 11.4 Å². The molecule has 140 valence electrons. The molecule has 0 saturated heterocycles. The van der Waals surface area contributed by atoms with Crippen LogP contribution in [0.25, 0.3) is 0 Å². The molecule has 2 aromatic rings. The first-order valence-corrected chi connectivity index (χ1v) is 8.27. The summed E-state index contributed by atoms with van der Waals surface area (Å²) in [6, 6.07) is 15.3. The molecule has 2 rings (SSSR count). The Morgan fingerprint density at radius 2 is 1.15 bits per heavy atom. The van der Waals surface area contributed by atoms with Crippen molar-refractivity contribution in [3.05, 3.63) is 48.5 Å². The molecule has 0 atom stereocenters. The average molecular weight is 401 g/mol. The van der Waals surface area contributed by atoms with Crippen molar-refractivity contribution in [2.45, 2.75) is 13.8 Å². The van der Waals surface area contributed by atoms with Crippen LogP contribution in [0.3, 0.4) is 0 Å². The minimum Gasteiger partial charge on any atom is -0.652 e. The van der Waals surface area contributed by atoms with E-state index < -0.39 is 6.16 Å². The third-order valence-electron chi connectivity index (χ3n) is 2.85. The van der Waals surface area contributed by atoms with E-state index in [1.54, 1.807) is 0 Å². The summed E-state index contributed by atoms with van der Waals surface area (Å²) in [6.45, 7) is 5.24. The summed E-state index contributed by atoms with van der Waals surface area (Å²) in [7, 11) is 0. The van der Waals surface area contributed by atoms with Gasteiger partial charge in [0.25, 0.3) is 0 Å². The maximum atomic E-state index is 8.33. The molecular formula is C18H20MgN2O5S. The van der Waals surface area contributed by atoms with Crippen molar-refractivity contribution in [3.8, 4) is 11.5 Å². The van der Waals surface area contributed by atoms with Gasteiger partial charge in [-0.25, -0.2) is 0 Å². The van der Waals surface area contributed by atoms with E-state index >= 15 is 0 Å². The van der Waals surface area contributed by atoms with E-state index in [-0.39, 0.29) is 23.1 Å². The summed E-state index contributed by atoms with van der Waals surface area (Å²) in [5.41, 5.74) is 1.82. The van der Waals surface area contributed by atoms with Crippen molar-refractivity contribution in [1.29, 1.82) is 0 Å². The maximum absolute atomic E-state index is 8.33. The number of carbonyl (C=O) groups excluding carboxylic acids is 1. The van der Waals surface area contributed by atoms with Crippen LogP contribution in [0.2, 0.25) is 0 Å². The first-order chi connectivity index (χ1) is 12.4. The first kappa shape index (κ1) is 24.8. The zero-order valence-electron chi connectivity index (χ0n) is 15.2. The Morgan fingerprint density at radius 1 is 0.852 bits per heavy atom. The van der Waals surface area contributed by atoms with Crippen LogP contribution in [-0.4, -0.2) is 47.5 Å². The molecule has 0 amide bonds. The fraction of sp³-hybridized carbons (Fsp3) is 0.222. The summed E-state index contributed by atoms with van der Waals surface area (Å²) in [5, 5.41) is 23.5. The molecule has 2 N–H and O–H groups in total. The fourth-order valence-electron chi connectivity index (χ4n) is 1.90. The summed E-state index contributed by atoms with van der Waals surface area (Å²) in [5.74, 6) is 1.69. The third kappa shape index (κ3) is 11.2. The van der Waals surface area contributed by atoms with Gasteiger partial charge in [-0.3, -0.25) is 0 Å². The number of hydrogen-bond donors (Lipinski definition) is 2. The van der Waals surface area contributed by atoms with Gasteiger partial charge in [-0.1, -0.05) is 0 Å². The van der Waals surface area contributed by atoms with Crippen molar-refractivity contribution in [3.63, 3.8) is 0 Å². The third-order valence-corrected chi connectivity index (χ3v) is 3.05. The minimum absolute atomic E-state index is 0. The number of hydrogen-bond acceptors (Lipinski definition) is 6. The number of carboxylic acid groups (broad SMARTS) is 2. The van der Waals surface area contributed by atoms with Crippen LogP contribution in [0.5, 0.6) is 11.5 Å². The second-order valence-corrected chi connectivity index (χ2v) is 5.15. The van der Waals surface area contributed by atoms with E-state index in [2.05, 4.69) is 10.6 Å². The van der Waals surface area contributed by atoms with Gasteiger partial charge in [-0.05, 0) is 80.8 Å². The smallest absolute Gasteiger partial charge is 0.652 e. The molecule has 2 aromatic carbocycles. The van der Waals surface area contributed by atoms with Crippen LogP contribution in [0.15, 0.2) is 48.5 Å². The molecule has 0 aliphatic rings. The molecule has 0 aliphatic heterocycles. The minimum atomic E-state index is -2.33. The number of nitrogens with one attached hydrogen (secondary N) is 2. The fourth-order valence-corrected chi connectivity index (χ4v) is 2.13. The number of carbonyl (C=O) groups is 1. The van der Waals surface area contributed by atoms with Crippen molar-refractivity contribution in [1.82, 2.24) is 0 Å². The predicted molar refractivity (Wildman–Crippen MR) is 106 cm³/mol. The van der Waals surface area contributed by atoms with E-state index in [0.717, 1.165) is 22.9 Å². The molecule has 0 heterocycles. The van der Waals surface area contributed by atoms with E-state index in [9.17, 15) is 0 Å². The monoisotopic (exact) mass is 400 g/mol. The zero-order chi connectivity index (χ0) is 19.4. The zero-order valence-corrected chi connectivity index (χ0v) is 17.4. The quantitative estimate of drug-likeness (QED) is 0.554. The molecule has 0 aromatic heterocycles. The Kier molecular flexibility index (Phi) is 12.8. The van der Waals surface area contributed by atoms with Crippen LogP contribution < -0.4 is 30.3 Å². The molecule has 27 heavy (non-hydrogen) atoms. The molecule has 0 spiro atoms. The maximum Gasteiger partial charge on any atom is 2.00 e. The first-order valence-electron chi connectivity index (χ1n) is 7.86. The Balaban J connectivity index is 0.00000123. The van der Waals surface area contributed by atoms with Gasteiger partial charge >= 0.3 is 23.1 Å². The van der Waals surface area contributed by atoms with Crippen LogP contribution in [-0.2, 0) is 0 Å². The predicted octanol–water partition coefficient (Wildman–Crippen LogP) is 1.47. The molecule has 7 nitrogen and oxygen atoms in total. The second-order valence-electron chi connectivity index (χ2n) is 4.74. The van der Waals surface area contributed by atoms with E-state index in [1.165, 1.54) is 0 Å². The summed E-state index contributed by atoms with van der Waals surface area (Å²) < 4.78 is 10.8. The normalized spacial score (nSPS) is 8.96. The molecule has 0 unspecified atom stereocenters. The van der Waals surface area contributed by atoms with Gasteiger partial charge in [-0.2, -0.15) is 0 Å². The summed E-state index contributed by atoms with van der Waals surface area (Å²) >= 11 is 5.30. The molecular weight excluding hydrogens is 381 g/mol. The van der Waals surface area contributed by atoms with E-state index in [4.69, 9.17) is 36.7 Å². The molecule has 0 aliphatic carbocycles. The number of ether oxygens (including phenoxy) is 2. The average Bonchev–Trinajstić information content (AvgIpc) is 2.58. The number of anilines is 2. The molecule has 0 bridgehead atoms. The van der Waals surface area contributed by atoms with Gasteiger partial charge in [0.1, 0.15) is 11.5 Å². The van der Waals surface area contributed by atoms with Crippen molar-refractivity contribution in [2.75, 3.05) is 23.8 Å².